The van der Waals surface area contributed by atoms with E-state index in [4.69, 9.17) is 0 Å². The Morgan fingerprint density at radius 3 is 2.47 bits per heavy atom. The highest BCUT2D eigenvalue weighted by Gasteiger charge is 2.34. The van der Waals surface area contributed by atoms with Crippen LogP contribution in [-0.2, 0) is 11.3 Å². The lowest BCUT2D eigenvalue weighted by Gasteiger charge is -2.27. The molecule has 0 saturated carbocycles. The number of amides is 1. The number of nitrogens with zero attached hydrogens (tertiary/aromatic N) is 3. The SMILES string of the molecule is O=C1C[C@H](c2ccccc2F)c2c(n3c4ccccc4nc3n(Cc3ccc(F)cc3)c2=O)N1. The van der Waals surface area contributed by atoms with Crippen molar-refractivity contribution in [2.75, 3.05) is 5.32 Å². The summed E-state index contributed by atoms with van der Waals surface area (Å²) >= 11 is 0. The van der Waals surface area contributed by atoms with Crippen LogP contribution in [0.3, 0.4) is 0 Å². The topological polar surface area (TPSA) is 68.4 Å². The minimum Gasteiger partial charge on any atom is -0.311 e. The van der Waals surface area contributed by atoms with Crippen LogP contribution < -0.4 is 10.9 Å². The Bertz CT molecular complexity index is 1650. The summed E-state index contributed by atoms with van der Waals surface area (Å²) < 4.78 is 31.5. The third kappa shape index (κ3) is 3.10. The van der Waals surface area contributed by atoms with E-state index >= 15 is 0 Å². The number of halogens is 2. The Balaban J connectivity index is 1.70. The van der Waals surface area contributed by atoms with Crippen LogP contribution in [0.4, 0.5) is 14.6 Å². The van der Waals surface area contributed by atoms with Gasteiger partial charge in [0.1, 0.15) is 17.5 Å². The van der Waals surface area contributed by atoms with Gasteiger partial charge in [-0.3, -0.25) is 18.6 Å². The first kappa shape index (κ1) is 20.3. The number of benzene rings is 3. The monoisotopic (exact) mass is 456 g/mol. The number of aromatic nitrogens is 3. The number of anilines is 1. The predicted octanol–water partition coefficient (Wildman–Crippen LogP) is 4.45. The van der Waals surface area contributed by atoms with Gasteiger partial charge in [-0.2, -0.15) is 0 Å². The zero-order valence-electron chi connectivity index (χ0n) is 17.8. The van der Waals surface area contributed by atoms with Crippen molar-refractivity contribution < 1.29 is 13.6 Å². The maximum Gasteiger partial charge on any atom is 0.261 e. The molecule has 1 atom stereocenters. The fraction of sp³-hybridized carbons (Fsp3) is 0.115. The number of fused-ring (bicyclic) bond motifs is 5. The standard InChI is InChI=1S/C26H18F2N4O2/c27-16-11-9-15(10-12-16)14-31-25(34)23-18(17-5-1-2-6-19(17)28)13-22(33)30-24(23)32-21-8-4-3-7-20(21)29-26(31)32/h1-12,18H,13-14H2,(H,30,33)/t18-/m1/s1. The molecule has 0 bridgehead atoms. The second kappa shape index (κ2) is 7.62. The van der Waals surface area contributed by atoms with Gasteiger partial charge in [0, 0.05) is 12.3 Å². The maximum absolute atomic E-state index is 14.8. The van der Waals surface area contributed by atoms with Gasteiger partial charge < -0.3 is 5.32 Å². The Hall–Kier alpha value is -4.33. The number of nitrogens with one attached hydrogen (secondary N) is 1. The molecule has 6 rings (SSSR count). The number of rotatable bonds is 3. The van der Waals surface area contributed by atoms with E-state index in [1.54, 1.807) is 34.7 Å². The normalized spacial score (nSPS) is 15.5. The molecule has 8 heteroatoms. The van der Waals surface area contributed by atoms with Gasteiger partial charge in [0.05, 0.1) is 23.1 Å². The van der Waals surface area contributed by atoms with Crippen molar-refractivity contribution >= 4 is 28.5 Å². The lowest BCUT2D eigenvalue weighted by Crippen LogP contribution is -2.36. The molecule has 1 aliphatic rings. The molecule has 0 aliphatic carbocycles. The predicted molar refractivity (Wildman–Crippen MR) is 124 cm³/mol. The molecular weight excluding hydrogens is 438 g/mol. The van der Waals surface area contributed by atoms with Gasteiger partial charge in [0.2, 0.25) is 11.7 Å². The fourth-order valence-electron chi connectivity index (χ4n) is 4.72. The minimum atomic E-state index is -0.762. The van der Waals surface area contributed by atoms with Crippen LogP contribution >= 0.6 is 0 Å². The molecule has 3 aromatic carbocycles. The van der Waals surface area contributed by atoms with Crippen LogP contribution in [-0.4, -0.2) is 19.9 Å². The summed E-state index contributed by atoms with van der Waals surface area (Å²) in [5, 5.41) is 2.84. The smallest absolute Gasteiger partial charge is 0.261 e. The minimum absolute atomic E-state index is 0.0577. The van der Waals surface area contributed by atoms with E-state index in [1.165, 1.54) is 22.8 Å². The van der Waals surface area contributed by atoms with E-state index in [2.05, 4.69) is 10.3 Å². The first-order valence-corrected chi connectivity index (χ1v) is 10.8. The largest absolute Gasteiger partial charge is 0.311 e. The number of hydrogen-bond acceptors (Lipinski definition) is 3. The van der Waals surface area contributed by atoms with Crippen LogP contribution in [0.15, 0.2) is 77.6 Å². The van der Waals surface area contributed by atoms with Crippen LogP contribution in [0, 0.1) is 11.6 Å². The van der Waals surface area contributed by atoms with Gasteiger partial charge in [-0.05, 0) is 41.5 Å². The average molecular weight is 456 g/mol. The molecule has 1 amide bonds. The summed E-state index contributed by atoms with van der Waals surface area (Å²) in [6.45, 7) is 0.136. The van der Waals surface area contributed by atoms with Crippen LogP contribution in [0.1, 0.15) is 29.0 Å². The van der Waals surface area contributed by atoms with Crippen molar-refractivity contribution in [2.24, 2.45) is 0 Å². The first-order chi connectivity index (χ1) is 16.5. The first-order valence-electron chi connectivity index (χ1n) is 10.8. The molecule has 2 aromatic heterocycles. The van der Waals surface area contributed by atoms with E-state index < -0.39 is 11.7 Å². The van der Waals surface area contributed by atoms with E-state index in [1.807, 2.05) is 24.3 Å². The Kier molecular flexibility index (Phi) is 4.55. The summed E-state index contributed by atoms with van der Waals surface area (Å²) in [5.74, 6) is -1.29. The van der Waals surface area contributed by atoms with Crippen molar-refractivity contribution in [3.05, 3.63) is 111 Å². The quantitative estimate of drug-likeness (QED) is 0.436. The van der Waals surface area contributed by atoms with Crippen LogP contribution in [0.25, 0.3) is 16.8 Å². The number of carbonyl (C=O) groups is 1. The lowest BCUT2D eigenvalue weighted by atomic mass is 9.86. The molecule has 0 radical (unpaired) electrons. The van der Waals surface area contributed by atoms with Crippen molar-refractivity contribution in [1.82, 2.24) is 14.0 Å². The molecular formula is C26H18F2N4O2. The van der Waals surface area contributed by atoms with Crippen molar-refractivity contribution in [2.45, 2.75) is 18.9 Å². The maximum atomic E-state index is 14.8. The van der Waals surface area contributed by atoms with Crippen LogP contribution in [0.5, 0.6) is 0 Å². The lowest BCUT2D eigenvalue weighted by molar-refractivity contribution is -0.116. The molecule has 1 aliphatic heterocycles. The summed E-state index contributed by atoms with van der Waals surface area (Å²) in [6.07, 6.45) is -0.0577. The van der Waals surface area contributed by atoms with Gasteiger partial charge >= 0.3 is 0 Å². The van der Waals surface area contributed by atoms with Gasteiger partial charge in [-0.25, -0.2) is 13.8 Å². The third-order valence-corrected chi connectivity index (χ3v) is 6.27. The second-order valence-corrected chi connectivity index (χ2v) is 8.34. The van der Waals surface area contributed by atoms with Crippen LogP contribution in [0.2, 0.25) is 0 Å². The zero-order valence-corrected chi connectivity index (χ0v) is 17.8. The molecule has 0 fully saturated rings. The number of hydrogen-bond donors (Lipinski definition) is 1. The molecule has 34 heavy (non-hydrogen) atoms. The number of imidazole rings is 1. The Labute approximate surface area is 192 Å². The zero-order chi connectivity index (χ0) is 23.4. The van der Waals surface area contributed by atoms with E-state index in [0.717, 1.165) is 0 Å². The van der Waals surface area contributed by atoms with Gasteiger partial charge in [-0.1, -0.05) is 42.5 Å². The highest BCUT2D eigenvalue weighted by molar-refractivity contribution is 5.96. The van der Waals surface area contributed by atoms with Crippen molar-refractivity contribution in [1.29, 1.82) is 0 Å². The molecule has 168 valence electrons. The van der Waals surface area contributed by atoms with Gasteiger partial charge in [-0.15, -0.1) is 0 Å². The average Bonchev–Trinajstić information content (AvgIpc) is 3.22. The van der Waals surface area contributed by atoms with Crippen molar-refractivity contribution in [3.8, 4) is 0 Å². The fourth-order valence-corrected chi connectivity index (χ4v) is 4.72. The highest BCUT2D eigenvalue weighted by Crippen LogP contribution is 2.37. The summed E-state index contributed by atoms with van der Waals surface area (Å²) in [5.41, 5.74) is 2.26. The third-order valence-electron chi connectivity index (χ3n) is 6.27. The number of para-hydroxylation sites is 2. The Morgan fingerprint density at radius 2 is 1.68 bits per heavy atom. The molecule has 0 unspecified atom stereocenters. The van der Waals surface area contributed by atoms with Gasteiger partial charge in [0.25, 0.3) is 5.56 Å². The molecule has 0 saturated heterocycles. The van der Waals surface area contributed by atoms with Gasteiger partial charge in [0.15, 0.2) is 0 Å². The summed E-state index contributed by atoms with van der Waals surface area (Å²) in [6, 6.07) is 19.4. The van der Waals surface area contributed by atoms with E-state index in [9.17, 15) is 18.4 Å². The second-order valence-electron chi connectivity index (χ2n) is 8.34. The van der Waals surface area contributed by atoms with Crippen molar-refractivity contribution in [3.63, 3.8) is 0 Å². The molecule has 6 nitrogen and oxygen atoms in total. The molecule has 1 N–H and O–H groups in total. The van der Waals surface area contributed by atoms with E-state index in [-0.39, 0.29) is 35.8 Å². The number of carbonyl (C=O) groups excluding carboxylic acids is 1. The summed E-state index contributed by atoms with van der Waals surface area (Å²) in [7, 11) is 0. The highest BCUT2D eigenvalue weighted by atomic mass is 19.1. The molecule has 0 spiro atoms. The van der Waals surface area contributed by atoms with E-state index in [0.29, 0.717) is 33.8 Å². The Morgan fingerprint density at radius 1 is 0.941 bits per heavy atom. The molecule has 5 aromatic rings. The summed E-state index contributed by atoms with van der Waals surface area (Å²) in [4.78, 5) is 31.3. The molecule has 3 heterocycles.